The van der Waals surface area contributed by atoms with Gasteiger partial charge in [-0.2, -0.15) is 9.40 Å². The van der Waals surface area contributed by atoms with Gasteiger partial charge in [-0.05, 0) is 61.9 Å². The molecule has 0 spiro atoms. The Hall–Kier alpha value is -4.55. The number of rotatable bonds is 7. The molecule has 0 bridgehead atoms. The van der Waals surface area contributed by atoms with Gasteiger partial charge in [0.1, 0.15) is 5.82 Å². The summed E-state index contributed by atoms with van der Waals surface area (Å²) in [5.74, 6) is 0.883. The van der Waals surface area contributed by atoms with Crippen LogP contribution in [0.5, 0.6) is 0 Å². The second-order valence-electron chi connectivity index (χ2n) is 12.6. The summed E-state index contributed by atoms with van der Waals surface area (Å²) in [6.07, 6.45) is 5.03. The fraction of sp³-hybridized carbons (Fsp3) is 0.333. The maximum absolute atomic E-state index is 13.4. The van der Waals surface area contributed by atoms with Gasteiger partial charge >= 0.3 is 6.03 Å². The van der Waals surface area contributed by atoms with Gasteiger partial charge in [0.2, 0.25) is 0 Å². The highest BCUT2D eigenvalue weighted by atomic mass is 32.2. The lowest BCUT2D eigenvalue weighted by Gasteiger charge is -2.31. The molecule has 3 aromatic heterocycles. The van der Waals surface area contributed by atoms with Gasteiger partial charge in [0.15, 0.2) is 10.6 Å². The second kappa shape index (κ2) is 12.1. The Balaban J connectivity index is 1.09. The van der Waals surface area contributed by atoms with Crippen LogP contribution in [0.1, 0.15) is 50.4 Å². The summed E-state index contributed by atoms with van der Waals surface area (Å²) in [5, 5.41) is 14.8. The monoisotopic (exact) mass is 627 g/mol. The molecule has 2 amide bonds. The number of hydrogen-bond donors (Lipinski definition) is 2. The molecular formula is C33H37N7O4S. The number of amides is 2. The standard InChI is InChI=1S/C33H37N7O4S/c1-22-8-10-26(11-9-22)40-30(20-29(38-40)33(2,3)4)37-32(41)36-25-7-5-6-24(19-25)18-23-13-16-39(17-14-23)45(42,43)31-27-21-35-44-28(27)12-15-34-31/h5-12,15,19-21,23H,13-14,16-18H2,1-4H3,(H2,36,37,41). The highest BCUT2D eigenvalue weighted by Gasteiger charge is 2.32. The molecule has 0 aliphatic carbocycles. The summed E-state index contributed by atoms with van der Waals surface area (Å²) in [4.78, 5) is 17.3. The van der Waals surface area contributed by atoms with E-state index in [2.05, 4.69) is 41.5 Å². The molecule has 0 unspecified atom stereocenters. The van der Waals surface area contributed by atoms with Gasteiger partial charge < -0.3 is 9.84 Å². The molecule has 1 fully saturated rings. The number of urea groups is 1. The smallest absolute Gasteiger partial charge is 0.324 e. The Labute approximate surface area is 262 Å². The zero-order valence-electron chi connectivity index (χ0n) is 25.8. The summed E-state index contributed by atoms with van der Waals surface area (Å²) in [6, 6.07) is 18.9. The topological polar surface area (TPSA) is 135 Å². The van der Waals surface area contributed by atoms with E-state index in [9.17, 15) is 13.2 Å². The van der Waals surface area contributed by atoms with Crippen LogP contribution >= 0.6 is 0 Å². The summed E-state index contributed by atoms with van der Waals surface area (Å²) in [6.45, 7) is 9.10. The molecule has 45 heavy (non-hydrogen) atoms. The quantitative estimate of drug-likeness (QED) is 0.216. The summed E-state index contributed by atoms with van der Waals surface area (Å²) >= 11 is 0. The maximum Gasteiger partial charge on any atom is 0.324 e. The molecule has 234 valence electrons. The molecule has 4 heterocycles. The molecule has 1 saturated heterocycles. The first-order valence-corrected chi connectivity index (χ1v) is 16.5. The number of aryl methyl sites for hydroxylation is 1. The Morgan fingerprint density at radius 2 is 1.78 bits per heavy atom. The number of carbonyl (C=O) groups is 1. The zero-order chi connectivity index (χ0) is 31.8. The van der Waals surface area contributed by atoms with Crippen molar-refractivity contribution in [1.82, 2.24) is 24.2 Å². The van der Waals surface area contributed by atoms with E-state index >= 15 is 0 Å². The van der Waals surface area contributed by atoms with Gasteiger partial charge in [0, 0.05) is 42.5 Å². The molecule has 6 rings (SSSR count). The third-order valence-electron chi connectivity index (χ3n) is 8.11. The molecule has 5 aromatic rings. The highest BCUT2D eigenvalue weighted by molar-refractivity contribution is 7.89. The minimum atomic E-state index is -3.77. The van der Waals surface area contributed by atoms with E-state index in [1.807, 2.05) is 61.5 Å². The molecule has 1 aliphatic heterocycles. The molecule has 2 N–H and O–H groups in total. The van der Waals surface area contributed by atoms with Crippen LogP contribution in [0.2, 0.25) is 0 Å². The first-order valence-electron chi connectivity index (χ1n) is 15.0. The molecule has 0 radical (unpaired) electrons. The number of fused-ring (bicyclic) bond motifs is 1. The summed E-state index contributed by atoms with van der Waals surface area (Å²) < 4.78 is 35.1. The van der Waals surface area contributed by atoms with Gasteiger partial charge in [0.25, 0.3) is 10.0 Å². The lowest BCUT2D eigenvalue weighted by molar-refractivity contribution is 0.262. The van der Waals surface area contributed by atoms with Crippen molar-refractivity contribution in [2.75, 3.05) is 23.7 Å². The van der Waals surface area contributed by atoms with Gasteiger partial charge in [-0.3, -0.25) is 5.32 Å². The van der Waals surface area contributed by atoms with Crippen molar-refractivity contribution in [3.8, 4) is 5.69 Å². The van der Waals surface area contributed by atoms with Crippen molar-refractivity contribution in [2.24, 2.45) is 5.92 Å². The number of hydrogen-bond acceptors (Lipinski definition) is 7. The Kier molecular flexibility index (Phi) is 8.19. The SMILES string of the molecule is Cc1ccc(-n2nc(C(C)(C)C)cc2NC(=O)Nc2cccc(CC3CCN(S(=O)(=O)c4nccc5oncc45)CC3)c2)cc1. The Morgan fingerprint density at radius 3 is 2.51 bits per heavy atom. The van der Waals surface area contributed by atoms with E-state index in [4.69, 9.17) is 9.62 Å². The minimum absolute atomic E-state index is 0.0201. The summed E-state index contributed by atoms with van der Waals surface area (Å²) in [7, 11) is -3.77. The molecule has 0 atom stereocenters. The number of carbonyl (C=O) groups excluding carboxylic acids is 1. The van der Waals surface area contributed by atoms with E-state index in [0.29, 0.717) is 41.5 Å². The van der Waals surface area contributed by atoms with E-state index in [0.717, 1.165) is 41.8 Å². The molecular weight excluding hydrogens is 590 g/mol. The predicted octanol–water partition coefficient (Wildman–Crippen LogP) is 6.30. The highest BCUT2D eigenvalue weighted by Crippen LogP contribution is 2.30. The van der Waals surface area contributed by atoms with Crippen molar-refractivity contribution in [3.63, 3.8) is 0 Å². The summed E-state index contributed by atoms with van der Waals surface area (Å²) in [5.41, 5.74) is 4.82. The number of pyridine rings is 1. The van der Waals surface area contributed by atoms with Crippen LogP contribution in [-0.2, 0) is 21.9 Å². The number of benzene rings is 2. The molecule has 11 nitrogen and oxygen atoms in total. The van der Waals surface area contributed by atoms with Crippen molar-refractivity contribution in [1.29, 1.82) is 0 Å². The van der Waals surface area contributed by atoms with Gasteiger partial charge in [-0.15, -0.1) is 0 Å². The van der Waals surface area contributed by atoms with Crippen LogP contribution in [0, 0.1) is 12.8 Å². The second-order valence-corrected chi connectivity index (χ2v) is 14.5. The average Bonchev–Trinajstić information content (AvgIpc) is 3.65. The third-order valence-corrected chi connectivity index (χ3v) is 9.97. The van der Waals surface area contributed by atoms with Gasteiger partial charge in [-0.25, -0.2) is 22.9 Å². The van der Waals surface area contributed by atoms with Gasteiger partial charge in [-0.1, -0.05) is 55.8 Å². The number of aromatic nitrogens is 4. The molecule has 1 aliphatic rings. The number of sulfonamides is 1. The van der Waals surface area contributed by atoms with E-state index in [1.54, 1.807) is 10.7 Å². The number of piperidine rings is 1. The first kappa shape index (κ1) is 30.5. The fourth-order valence-corrected chi connectivity index (χ4v) is 7.12. The lowest BCUT2D eigenvalue weighted by Crippen LogP contribution is -2.39. The largest absolute Gasteiger partial charge is 0.356 e. The average molecular weight is 628 g/mol. The van der Waals surface area contributed by atoms with Crippen LogP contribution in [0.3, 0.4) is 0 Å². The van der Waals surface area contributed by atoms with Crippen LogP contribution in [0.15, 0.2) is 82.6 Å². The fourth-order valence-electron chi connectivity index (χ4n) is 5.56. The van der Waals surface area contributed by atoms with Crippen LogP contribution in [-0.4, -0.2) is 51.8 Å². The third kappa shape index (κ3) is 6.62. The van der Waals surface area contributed by atoms with Crippen LogP contribution in [0.25, 0.3) is 16.7 Å². The van der Waals surface area contributed by atoms with Crippen LogP contribution < -0.4 is 10.6 Å². The maximum atomic E-state index is 13.4. The molecule has 0 saturated carbocycles. The van der Waals surface area contributed by atoms with Crippen molar-refractivity contribution < 1.29 is 17.7 Å². The Bertz CT molecular complexity index is 1930. The van der Waals surface area contributed by atoms with Crippen molar-refractivity contribution >= 4 is 38.5 Å². The van der Waals surface area contributed by atoms with Crippen molar-refractivity contribution in [3.05, 3.63) is 89.9 Å². The van der Waals surface area contributed by atoms with E-state index < -0.39 is 10.0 Å². The number of nitrogens with one attached hydrogen (secondary N) is 2. The van der Waals surface area contributed by atoms with E-state index in [1.165, 1.54) is 16.7 Å². The number of nitrogens with zero attached hydrogens (tertiary/aromatic N) is 5. The van der Waals surface area contributed by atoms with Gasteiger partial charge in [0.05, 0.1) is 23.0 Å². The molecule has 12 heteroatoms. The molecule has 2 aromatic carbocycles. The Morgan fingerprint density at radius 1 is 1.02 bits per heavy atom. The van der Waals surface area contributed by atoms with E-state index in [-0.39, 0.29) is 16.5 Å². The van der Waals surface area contributed by atoms with Crippen LogP contribution in [0.4, 0.5) is 16.3 Å². The minimum Gasteiger partial charge on any atom is -0.356 e. The normalized spacial score (nSPS) is 14.9. The predicted molar refractivity (Wildman–Crippen MR) is 173 cm³/mol. The lowest BCUT2D eigenvalue weighted by atomic mass is 9.91. The first-order chi connectivity index (χ1) is 21.5. The zero-order valence-corrected chi connectivity index (χ0v) is 26.6. The van der Waals surface area contributed by atoms with Crippen molar-refractivity contribution in [2.45, 2.75) is 57.4 Å². The number of anilines is 2.